The van der Waals surface area contributed by atoms with Crippen LogP contribution in [-0.4, -0.2) is 131 Å². The van der Waals surface area contributed by atoms with Gasteiger partial charge in [0.2, 0.25) is 35.3 Å². The number of allylic oxidation sites excluding steroid dienone is 3. The number of cyclic esters (lactones) is 2. The van der Waals surface area contributed by atoms with Crippen LogP contribution in [-0.2, 0) is 96.1 Å². The zero-order chi connectivity index (χ0) is 80.2. The Morgan fingerprint density at radius 3 is 1.54 bits per heavy atom. The first-order chi connectivity index (χ1) is 51.1. The minimum absolute atomic E-state index is 0. The second-order valence-corrected chi connectivity index (χ2v) is 37.5. The summed E-state index contributed by atoms with van der Waals surface area (Å²) >= 11 is 22.0. The van der Waals surface area contributed by atoms with Crippen LogP contribution in [0.2, 0.25) is 0 Å². The number of halogens is 10. The summed E-state index contributed by atoms with van der Waals surface area (Å²) in [5.41, 5.74) is 6.66. The predicted octanol–water partition coefficient (Wildman–Crippen LogP) is 18.9. The molecule has 0 saturated heterocycles. The standard InChI is InChI=1S/C11H14INO2.C11H13NO4.2C11H13NO2.C10H11NO4.C7H6INO2.C6H7NO.CHI3.CH2I2.2CH3I.CH2I.CH4.V/c1-3-4-7-15-8-9-10(12)5-6-13-11(9)14-2;1-3-11(14)8-4-5-12-9(15-2)7(8)6-16-10(11)13;2*1-3-8-6-14-7-10-9(8)4-5-12-11(10)13-2;1-2-10(14)7-3-4-11-8(12)6(7)5-15-9(10)13;1-11-7-5(4-10)6(8)2-3-9-7;1-8-6-4-2-3-5-7-6;2-1(3)4;2-1-3;3*1-2;;/h3-6H,7-8H2,1-2H3;4-5,14H,3,6H2,1-2H3;4-6H,3,7H2,1-2H3;3-5H,6-7H2,1-2H3;3-4,14H,2,5H2,1H3,(H,11,12);2-4H,1H3;2-5H,1H3;1H;1H2;2*1H3;1H2;1H4;/q;;;;;;;;;;;-1;;/b4-3+;;;8-3+;;;;;;;;;;/t;11-;;;10-;;;;;;;;;/m.0..0........./s1. The number of ether oxygens (including phenoxy) is 11. The number of aromatic amines is 1. The molecule has 597 valence electrons. The van der Waals surface area contributed by atoms with Gasteiger partial charge < -0.3 is 89.9 Å². The molecule has 0 amide bonds. The predicted molar refractivity (Wildman–Crippen MR) is 506 cm³/mol. The van der Waals surface area contributed by atoms with Crippen LogP contribution in [0.4, 0.5) is 0 Å². The van der Waals surface area contributed by atoms with Crippen molar-refractivity contribution in [3.8, 4) is 35.3 Å². The molecule has 0 saturated carbocycles. The number of alkyl halides is 7. The van der Waals surface area contributed by atoms with E-state index in [1.807, 2.05) is 95.0 Å². The third-order valence-electron chi connectivity index (χ3n) is 14.3. The molecular formula is C73H92I10N7O17V-. The van der Waals surface area contributed by atoms with Crippen molar-refractivity contribution in [3.63, 3.8) is 0 Å². The van der Waals surface area contributed by atoms with E-state index in [0.717, 1.165) is 36.5 Å². The molecule has 7 aromatic heterocycles. The zero-order valence-corrected chi connectivity index (χ0v) is 84.1. The van der Waals surface area contributed by atoms with Gasteiger partial charge in [-0.2, -0.15) is 0 Å². The summed E-state index contributed by atoms with van der Waals surface area (Å²) in [5.74, 6) is 2.10. The fourth-order valence-corrected chi connectivity index (χ4v) is 10.3. The number of H-pyrrole nitrogens is 1. The number of fused-ring (bicyclic) bond motifs is 4. The second kappa shape index (κ2) is 65.2. The number of nitrogens with one attached hydrogen (secondary N) is 1. The van der Waals surface area contributed by atoms with Gasteiger partial charge in [0, 0.05) is 91.8 Å². The molecule has 0 unspecified atom stereocenters. The molecule has 0 aromatic carbocycles. The number of rotatable bonds is 14. The first-order valence-corrected chi connectivity index (χ1v) is 46.0. The quantitative estimate of drug-likeness (QED) is 0.0173. The van der Waals surface area contributed by atoms with Gasteiger partial charge in [-0.05, 0) is 153 Å². The second-order valence-electron chi connectivity index (χ2n) is 19.9. The molecule has 4 aliphatic heterocycles. The van der Waals surface area contributed by atoms with Crippen LogP contribution < -0.4 is 34.0 Å². The van der Waals surface area contributed by atoms with Crippen LogP contribution in [0.5, 0.6) is 35.3 Å². The van der Waals surface area contributed by atoms with Crippen molar-refractivity contribution >= 4 is 255 Å². The third-order valence-corrected chi connectivity index (χ3v) is 16.2. The van der Waals surface area contributed by atoms with E-state index in [0.29, 0.717) is 96.1 Å². The number of hydrogen-bond donors (Lipinski definition) is 3. The number of carbonyl (C=O) groups is 3. The fourth-order valence-electron chi connectivity index (χ4n) is 9.19. The van der Waals surface area contributed by atoms with Crippen LogP contribution in [0.25, 0.3) is 11.1 Å². The molecule has 35 heteroatoms. The number of hydrogen-bond acceptors (Lipinski definition) is 23. The number of methoxy groups -OCH3 is 6. The molecular weight excluding hydrogens is 2570 g/mol. The Labute approximate surface area is 783 Å². The molecule has 0 spiro atoms. The molecule has 0 fully saturated rings. The van der Waals surface area contributed by atoms with E-state index < -0.39 is 23.1 Å². The normalized spacial score (nSPS) is 14.8. The van der Waals surface area contributed by atoms with Crippen LogP contribution in [0, 0.1) is 12.1 Å². The first-order valence-electron chi connectivity index (χ1n) is 31.2. The molecule has 7 aromatic rings. The number of aromatic nitrogens is 7. The number of esters is 2. The van der Waals surface area contributed by atoms with Crippen LogP contribution in [0.3, 0.4) is 0 Å². The van der Waals surface area contributed by atoms with Gasteiger partial charge in [0.1, 0.15) is 19.8 Å². The summed E-state index contributed by atoms with van der Waals surface area (Å²) in [6.07, 6.45) is 21.5. The molecule has 24 nitrogen and oxygen atoms in total. The fraction of sp³-hybridized carbons (Fsp3) is 0.384. The maximum atomic E-state index is 11.6. The van der Waals surface area contributed by atoms with Gasteiger partial charge in [0.25, 0.3) is 5.56 Å². The summed E-state index contributed by atoms with van der Waals surface area (Å²) in [6.45, 7) is 12.5. The molecule has 108 heavy (non-hydrogen) atoms. The Morgan fingerprint density at radius 2 is 1.07 bits per heavy atom. The molecule has 0 bridgehead atoms. The SMILES string of the molecule is C.C/C=C/COCc1c(I)ccnc1OC.C/C=C1\COCc2c1ccnc2OC.CCC1=COCc2c1ccnc2OC.CC[C@@]1(O)C(=O)OCc2c1cc[nH]c2=O.CC[C@@]1(O)C(=O)OCc2c1ccnc2OC.CI.CI.COc1ccccn1.COc1nccc(I)c1C=O.IC(I)I.ICI.[CH2-]I.[V]. The number of aldehydes is 1. The Kier molecular flexibility index (Phi) is 66.5. The molecule has 11 heterocycles. The minimum atomic E-state index is -1.68. The van der Waals surface area contributed by atoms with Crippen molar-refractivity contribution in [2.45, 2.75) is 105 Å². The summed E-state index contributed by atoms with van der Waals surface area (Å²) in [4.78, 5) is 78.7. The van der Waals surface area contributed by atoms with Gasteiger partial charge in [-0.15, -0.1) is 0 Å². The van der Waals surface area contributed by atoms with E-state index in [2.05, 4.69) is 256 Å². The average molecular weight is 2660 g/mol. The Balaban J connectivity index is -0.00000116. The van der Waals surface area contributed by atoms with Crippen LogP contribution in [0.1, 0.15) is 122 Å². The van der Waals surface area contributed by atoms with E-state index in [-0.39, 0.29) is 57.6 Å². The molecule has 2 atom stereocenters. The van der Waals surface area contributed by atoms with E-state index in [1.165, 1.54) is 51.3 Å². The third kappa shape index (κ3) is 36.4. The Hall–Kier alpha value is -2.00. The van der Waals surface area contributed by atoms with E-state index >= 15 is 0 Å². The molecule has 1 radical (unpaired) electrons. The van der Waals surface area contributed by atoms with E-state index in [4.69, 9.17) is 52.1 Å². The van der Waals surface area contributed by atoms with Crippen molar-refractivity contribution < 1.29 is 95.3 Å². The van der Waals surface area contributed by atoms with Gasteiger partial charge in [-0.1, -0.05) is 211 Å². The first kappa shape index (κ1) is 110. The minimum Gasteiger partial charge on any atom is -0.496 e. The molecule has 3 N–H and O–H groups in total. The summed E-state index contributed by atoms with van der Waals surface area (Å²) in [6, 6.07) is 16.4. The van der Waals surface area contributed by atoms with Gasteiger partial charge >= 0.3 is 11.9 Å². The van der Waals surface area contributed by atoms with Gasteiger partial charge in [0.05, 0.1) is 106 Å². The van der Waals surface area contributed by atoms with Crippen molar-refractivity contribution in [2.75, 3.05) is 68.2 Å². The largest absolute Gasteiger partial charge is 0.496 e. The smallest absolute Gasteiger partial charge is 0.343 e. The number of aliphatic hydroxyl groups is 2. The van der Waals surface area contributed by atoms with Crippen LogP contribution in [0.15, 0.2) is 127 Å². The topological polar surface area (TPSA) is 303 Å². The summed E-state index contributed by atoms with van der Waals surface area (Å²) in [5, 5.41) is 20.4. The maximum absolute atomic E-state index is 11.6. The average Bonchev–Trinajstić information content (AvgIpc) is 0.760. The van der Waals surface area contributed by atoms with Gasteiger partial charge in [-0.25, -0.2) is 39.5 Å². The number of nitrogens with zero attached hydrogens (tertiary/aromatic N) is 6. The number of carbonyl (C=O) groups excluding carboxylic acids is 3. The molecule has 11 rings (SSSR count). The van der Waals surface area contributed by atoms with E-state index in [9.17, 15) is 29.4 Å². The molecule has 0 aliphatic carbocycles. The van der Waals surface area contributed by atoms with Gasteiger partial charge in [-0.3, -0.25) is 14.5 Å². The maximum Gasteiger partial charge on any atom is 0.343 e. The van der Waals surface area contributed by atoms with Crippen molar-refractivity contribution in [2.24, 2.45) is 0 Å². The zero-order valence-electron chi connectivity index (χ0n) is 61.1. The molecule has 4 aliphatic rings. The Bertz CT molecular complexity index is 3860. The van der Waals surface area contributed by atoms with Crippen molar-refractivity contribution in [3.05, 3.63) is 201 Å². The van der Waals surface area contributed by atoms with Crippen molar-refractivity contribution in [1.82, 2.24) is 34.9 Å². The van der Waals surface area contributed by atoms with E-state index in [1.54, 1.807) is 97.5 Å². The van der Waals surface area contributed by atoms with Gasteiger partial charge in [0.15, 0.2) is 17.5 Å². The Morgan fingerprint density at radius 1 is 0.602 bits per heavy atom. The van der Waals surface area contributed by atoms with Crippen LogP contribution >= 0.6 is 226 Å². The number of pyridine rings is 7. The van der Waals surface area contributed by atoms with Crippen molar-refractivity contribution in [1.29, 1.82) is 0 Å². The summed E-state index contributed by atoms with van der Waals surface area (Å²) < 4.78 is 60.2. The summed E-state index contributed by atoms with van der Waals surface area (Å²) in [7, 11) is 9.46. The monoisotopic (exact) mass is 2660 g/mol.